The summed E-state index contributed by atoms with van der Waals surface area (Å²) in [7, 11) is 0. The van der Waals surface area contributed by atoms with Crippen LogP contribution in [0.15, 0.2) is 24.3 Å². The van der Waals surface area contributed by atoms with Crippen molar-refractivity contribution in [2.24, 2.45) is 0 Å². The van der Waals surface area contributed by atoms with Crippen LogP contribution < -0.4 is 10.6 Å². The SMILES string of the molecule is CCN(CCOC(=O)CCC(F)(F)C(F)(F)C(F)(F)C(F)(F)C(F)(F)C(F)(F)C(F)(F)C(F)(F)C(F)(F)F)c1ccc(N)cc1. The van der Waals surface area contributed by atoms with E-state index in [4.69, 9.17) is 5.73 Å². The molecule has 2 N–H and O–H groups in total. The largest absolute Gasteiger partial charge is 0.464 e. The van der Waals surface area contributed by atoms with Crippen molar-refractivity contribution in [2.45, 2.75) is 73.3 Å². The molecular formula is C22H19F19N2O2. The molecular weight excluding hydrogens is 685 g/mol. The first-order valence-electron chi connectivity index (χ1n) is 11.7. The van der Waals surface area contributed by atoms with Gasteiger partial charge in [-0.25, -0.2) is 0 Å². The van der Waals surface area contributed by atoms with Gasteiger partial charge in [0.15, 0.2) is 0 Å². The summed E-state index contributed by atoms with van der Waals surface area (Å²) in [5.41, 5.74) is 6.28. The monoisotopic (exact) mass is 704 g/mol. The zero-order valence-corrected chi connectivity index (χ0v) is 21.9. The van der Waals surface area contributed by atoms with Gasteiger partial charge in [0.2, 0.25) is 0 Å². The molecule has 0 fully saturated rings. The normalized spacial score (nSPS) is 14.8. The molecule has 0 aliphatic rings. The molecule has 0 saturated heterocycles. The lowest BCUT2D eigenvalue weighted by atomic mass is 9.86. The molecule has 0 radical (unpaired) electrons. The van der Waals surface area contributed by atoms with Crippen LogP contribution in [0.4, 0.5) is 94.8 Å². The Morgan fingerprint density at radius 2 is 1.02 bits per heavy atom. The van der Waals surface area contributed by atoms with Crippen LogP contribution in [0.1, 0.15) is 19.8 Å². The van der Waals surface area contributed by atoms with E-state index in [1.165, 1.54) is 29.2 Å². The number of hydrogen-bond acceptors (Lipinski definition) is 4. The number of anilines is 2. The van der Waals surface area contributed by atoms with Gasteiger partial charge in [-0.2, -0.15) is 83.4 Å². The zero-order chi connectivity index (χ0) is 35.9. The Hall–Kier alpha value is -3.04. The number of benzene rings is 1. The van der Waals surface area contributed by atoms with Gasteiger partial charge in [-0.1, -0.05) is 0 Å². The Kier molecular flexibility index (Phi) is 10.9. The lowest BCUT2D eigenvalue weighted by Crippen LogP contribution is -2.75. The highest BCUT2D eigenvalue weighted by Crippen LogP contribution is 2.65. The number of esters is 1. The first kappa shape index (κ1) is 40.0. The second-order valence-electron chi connectivity index (χ2n) is 9.11. The maximum Gasteiger partial charge on any atom is 0.460 e. The second kappa shape index (κ2) is 12.3. The van der Waals surface area contributed by atoms with Crippen LogP contribution in [0.5, 0.6) is 0 Å². The molecule has 45 heavy (non-hydrogen) atoms. The van der Waals surface area contributed by atoms with E-state index in [1.807, 2.05) is 0 Å². The molecule has 0 unspecified atom stereocenters. The molecule has 4 nitrogen and oxygen atoms in total. The van der Waals surface area contributed by atoms with Crippen LogP contribution in [-0.2, 0) is 9.53 Å². The van der Waals surface area contributed by atoms with Crippen LogP contribution in [0.2, 0.25) is 0 Å². The van der Waals surface area contributed by atoms with Gasteiger partial charge in [-0.05, 0) is 31.2 Å². The highest BCUT2D eigenvalue weighted by Gasteiger charge is 2.96. The first-order chi connectivity index (χ1) is 19.8. The highest BCUT2D eigenvalue weighted by atomic mass is 19.4. The third-order valence-corrected chi connectivity index (χ3v) is 6.09. The van der Waals surface area contributed by atoms with Gasteiger partial charge in [-0.15, -0.1) is 0 Å². The van der Waals surface area contributed by atoms with E-state index in [0.717, 1.165) is 0 Å². The summed E-state index contributed by atoms with van der Waals surface area (Å²) >= 11 is 0. The summed E-state index contributed by atoms with van der Waals surface area (Å²) in [5, 5.41) is 0. The lowest BCUT2D eigenvalue weighted by Gasteiger charge is -2.43. The van der Waals surface area contributed by atoms with E-state index in [0.29, 0.717) is 11.4 Å². The van der Waals surface area contributed by atoms with Crippen LogP contribution in [-0.4, -0.2) is 79.2 Å². The van der Waals surface area contributed by atoms with Gasteiger partial charge in [0.25, 0.3) is 0 Å². The van der Waals surface area contributed by atoms with Crippen molar-refractivity contribution >= 4 is 17.3 Å². The number of halogens is 19. The van der Waals surface area contributed by atoms with Crippen molar-refractivity contribution in [1.82, 2.24) is 0 Å². The quantitative estimate of drug-likeness (QED) is 0.114. The maximum absolute atomic E-state index is 14.0. The number of carbonyl (C=O) groups excluding carboxylic acids is 1. The van der Waals surface area contributed by atoms with Crippen LogP contribution in [0, 0.1) is 0 Å². The lowest BCUT2D eigenvalue weighted by molar-refractivity contribution is -0.468. The molecule has 1 rings (SSSR count). The average Bonchev–Trinajstić information content (AvgIpc) is 2.89. The standard InChI is InChI=1S/C22H19F19N2O2/c1-2-43(12-5-3-11(42)4-6-12)9-10-45-13(44)7-8-14(23,24)15(25,26)16(27,28)17(29,30)18(31,32)19(33,34)20(35,36)21(37,38)22(39,40)41/h3-6H,2,7-10,42H2,1H3. The molecule has 0 saturated carbocycles. The number of hydrogen-bond donors (Lipinski definition) is 1. The number of nitrogens with two attached hydrogens (primary N) is 1. The summed E-state index contributed by atoms with van der Waals surface area (Å²) in [6.07, 6.45) is -13.0. The fraction of sp³-hybridized carbons (Fsp3) is 0.682. The number of likely N-dealkylation sites (N-methyl/N-ethyl adjacent to an activating group) is 1. The van der Waals surface area contributed by atoms with Gasteiger partial charge in [0, 0.05) is 24.3 Å². The predicted octanol–water partition coefficient (Wildman–Crippen LogP) is 8.06. The molecule has 262 valence electrons. The van der Waals surface area contributed by atoms with Crippen molar-refractivity contribution in [2.75, 3.05) is 30.3 Å². The Bertz CT molecular complexity index is 1170. The molecule has 23 heteroatoms. The van der Waals surface area contributed by atoms with E-state index in [9.17, 15) is 88.2 Å². The van der Waals surface area contributed by atoms with Crippen molar-refractivity contribution in [3.8, 4) is 0 Å². The zero-order valence-electron chi connectivity index (χ0n) is 21.9. The number of rotatable bonds is 15. The van der Waals surface area contributed by atoms with E-state index in [-0.39, 0.29) is 13.1 Å². The number of nitrogens with zero attached hydrogens (tertiary/aromatic N) is 1. The summed E-state index contributed by atoms with van der Waals surface area (Å²) in [6, 6.07) is 5.82. The minimum atomic E-state index is -8.99. The molecule has 0 aliphatic carbocycles. The van der Waals surface area contributed by atoms with E-state index < -0.39 is 79.0 Å². The predicted molar refractivity (Wildman–Crippen MR) is 115 cm³/mol. The Balaban J connectivity index is 3.18. The molecule has 0 bridgehead atoms. The molecule has 0 heterocycles. The molecule has 0 amide bonds. The summed E-state index contributed by atoms with van der Waals surface area (Å²) in [4.78, 5) is 13.1. The van der Waals surface area contributed by atoms with Gasteiger partial charge >= 0.3 is 59.5 Å². The highest BCUT2D eigenvalue weighted by molar-refractivity contribution is 5.69. The summed E-state index contributed by atoms with van der Waals surface area (Å²) in [5.74, 6) is -69.2. The molecule has 0 aromatic heterocycles. The van der Waals surface area contributed by atoms with Crippen LogP contribution >= 0.6 is 0 Å². The summed E-state index contributed by atoms with van der Waals surface area (Å²) < 4.78 is 258. The Morgan fingerprint density at radius 1 is 0.644 bits per heavy atom. The first-order valence-corrected chi connectivity index (χ1v) is 11.7. The van der Waals surface area contributed by atoms with Crippen molar-refractivity contribution in [3.05, 3.63) is 24.3 Å². The molecule has 0 aliphatic heterocycles. The van der Waals surface area contributed by atoms with Gasteiger partial charge < -0.3 is 15.4 Å². The number of ether oxygens (including phenoxy) is 1. The van der Waals surface area contributed by atoms with E-state index in [1.54, 1.807) is 6.92 Å². The smallest absolute Gasteiger partial charge is 0.460 e. The molecule has 0 atom stereocenters. The minimum Gasteiger partial charge on any atom is -0.464 e. The van der Waals surface area contributed by atoms with E-state index >= 15 is 0 Å². The fourth-order valence-electron chi connectivity index (χ4n) is 3.31. The minimum absolute atomic E-state index is 0.207. The Morgan fingerprint density at radius 3 is 1.40 bits per heavy atom. The van der Waals surface area contributed by atoms with Gasteiger partial charge in [0.1, 0.15) is 6.61 Å². The van der Waals surface area contributed by atoms with Gasteiger partial charge in [0.05, 0.1) is 13.0 Å². The molecule has 0 spiro atoms. The third-order valence-electron chi connectivity index (χ3n) is 6.09. The average molecular weight is 704 g/mol. The topological polar surface area (TPSA) is 55.6 Å². The van der Waals surface area contributed by atoms with Gasteiger partial charge in [-0.3, -0.25) is 4.79 Å². The number of alkyl halides is 19. The van der Waals surface area contributed by atoms with Crippen molar-refractivity contribution < 1.29 is 92.9 Å². The van der Waals surface area contributed by atoms with Crippen LogP contribution in [0.3, 0.4) is 0 Å². The van der Waals surface area contributed by atoms with Crippen LogP contribution in [0.25, 0.3) is 0 Å². The third kappa shape index (κ3) is 6.61. The number of nitrogen functional groups attached to an aromatic ring is 1. The molecule has 1 aromatic carbocycles. The number of carbonyl (C=O) groups is 1. The maximum atomic E-state index is 14.0. The second-order valence-corrected chi connectivity index (χ2v) is 9.11. The fourth-order valence-corrected chi connectivity index (χ4v) is 3.31. The summed E-state index contributed by atoms with van der Waals surface area (Å²) in [6.45, 7) is 0.827. The van der Waals surface area contributed by atoms with Crippen molar-refractivity contribution in [1.29, 1.82) is 0 Å². The van der Waals surface area contributed by atoms with E-state index in [2.05, 4.69) is 4.74 Å². The Labute approximate surface area is 239 Å². The molecule has 1 aromatic rings. The van der Waals surface area contributed by atoms with Crippen molar-refractivity contribution in [3.63, 3.8) is 0 Å².